The van der Waals surface area contributed by atoms with Gasteiger partial charge in [0.1, 0.15) is 0 Å². The van der Waals surface area contributed by atoms with Crippen LogP contribution in [-0.4, -0.2) is 64.8 Å². The number of rotatable bonds is 7. The molecule has 3 rings (SSSR count). The van der Waals surface area contributed by atoms with E-state index in [2.05, 4.69) is 28.1 Å². The number of hydrogen-bond donors (Lipinski definition) is 2. The molecule has 0 spiro atoms. The lowest BCUT2D eigenvalue weighted by Crippen LogP contribution is -2.51. The maximum atomic E-state index is 8.98. The van der Waals surface area contributed by atoms with E-state index in [0.29, 0.717) is 12.6 Å². The van der Waals surface area contributed by atoms with Crippen molar-refractivity contribution in [3.63, 3.8) is 0 Å². The molecular formula is C17H29N3O3. The Morgan fingerprint density at radius 2 is 2.35 bits per heavy atom. The highest BCUT2D eigenvalue weighted by molar-refractivity contribution is 5.11. The zero-order valence-electron chi connectivity index (χ0n) is 14.3. The minimum absolute atomic E-state index is 0.0350. The molecule has 2 heterocycles. The van der Waals surface area contributed by atoms with E-state index in [-0.39, 0.29) is 18.3 Å². The molecule has 0 unspecified atom stereocenters. The molecule has 0 amide bonds. The zero-order valence-corrected chi connectivity index (χ0v) is 14.3. The SMILES string of the molecule is CCc1cc(CN2CC[C@]3(OC)CC[C@H](OCCO)C[C@H]23)[nH]n1. The summed E-state index contributed by atoms with van der Waals surface area (Å²) in [7, 11) is 1.84. The van der Waals surface area contributed by atoms with Crippen LogP contribution in [0.15, 0.2) is 6.07 Å². The largest absolute Gasteiger partial charge is 0.394 e. The predicted octanol–water partition coefficient (Wildman–Crippen LogP) is 1.49. The highest BCUT2D eigenvalue weighted by Gasteiger charge is 2.51. The molecule has 1 aromatic rings. The van der Waals surface area contributed by atoms with Crippen LogP contribution in [0, 0.1) is 0 Å². The molecule has 0 aromatic carbocycles. The fourth-order valence-corrected chi connectivity index (χ4v) is 4.21. The Morgan fingerprint density at radius 3 is 3.04 bits per heavy atom. The van der Waals surface area contributed by atoms with Crippen molar-refractivity contribution < 1.29 is 14.6 Å². The number of aromatic nitrogens is 2. The maximum absolute atomic E-state index is 8.98. The Balaban J connectivity index is 1.68. The Kier molecular flexibility index (Phi) is 5.36. The average molecular weight is 323 g/mol. The van der Waals surface area contributed by atoms with Gasteiger partial charge in [0.05, 0.1) is 30.6 Å². The van der Waals surface area contributed by atoms with Gasteiger partial charge in [-0.3, -0.25) is 10.00 Å². The van der Waals surface area contributed by atoms with E-state index in [1.54, 1.807) is 0 Å². The number of nitrogens with zero attached hydrogens (tertiary/aromatic N) is 2. The zero-order chi connectivity index (χ0) is 16.3. The van der Waals surface area contributed by atoms with Crippen LogP contribution >= 0.6 is 0 Å². The van der Waals surface area contributed by atoms with Crippen molar-refractivity contribution in [3.8, 4) is 0 Å². The molecule has 1 saturated heterocycles. The van der Waals surface area contributed by atoms with Crippen LogP contribution in [0.25, 0.3) is 0 Å². The van der Waals surface area contributed by atoms with Crippen molar-refractivity contribution in [2.75, 3.05) is 26.9 Å². The second-order valence-corrected chi connectivity index (χ2v) is 6.73. The molecule has 130 valence electrons. The van der Waals surface area contributed by atoms with Gasteiger partial charge in [0.2, 0.25) is 0 Å². The highest BCUT2D eigenvalue weighted by Crippen LogP contribution is 2.43. The number of methoxy groups -OCH3 is 1. The summed E-state index contributed by atoms with van der Waals surface area (Å²) in [5.74, 6) is 0. The standard InChI is InChI=1S/C17H29N3O3/c1-3-13-10-14(19-18-13)12-20-7-6-17(22-2)5-4-15(11-16(17)20)23-9-8-21/h10,15-16,21H,3-9,11-12H2,1-2H3,(H,18,19)/t15-,16-,17+/m0/s1. The summed E-state index contributed by atoms with van der Waals surface area (Å²) in [4.78, 5) is 2.50. The number of likely N-dealkylation sites (tertiary alicyclic amines) is 1. The number of aliphatic hydroxyl groups excluding tert-OH is 1. The number of hydrogen-bond acceptors (Lipinski definition) is 5. The normalized spacial score (nSPS) is 31.4. The molecule has 6 heteroatoms. The average Bonchev–Trinajstić information content (AvgIpc) is 3.18. The Labute approximate surface area is 138 Å². The van der Waals surface area contributed by atoms with Crippen LogP contribution in [0.4, 0.5) is 0 Å². The third-order valence-electron chi connectivity index (χ3n) is 5.52. The molecule has 0 bridgehead atoms. The molecule has 6 nitrogen and oxygen atoms in total. The van der Waals surface area contributed by atoms with Crippen LogP contribution in [0.3, 0.4) is 0 Å². The fraction of sp³-hybridized carbons (Fsp3) is 0.824. The van der Waals surface area contributed by atoms with Gasteiger partial charge in [-0.05, 0) is 38.2 Å². The van der Waals surface area contributed by atoms with Gasteiger partial charge >= 0.3 is 0 Å². The molecular weight excluding hydrogens is 294 g/mol. The second kappa shape index (κ2) is 7.30. The third kappa shape index (κ3) is 3.45. The van der Waals surface area contributed by atoms with Crippen molar-refractivity contribution in [3.05, 3.63) is 17.5 Å². The minimum Gasteiger partial charge on any atom is -0.394 e. The Morgan fingerprint density at radius 1 is 1.48 bits per heavy atom. The molecule has 1 saturated carbocycles. The van der Waals surface area contributed by atoms with Crippen molar-refractivity contribution in [2.24, 2.45) is 0 Å². The topological polar surface area (TPSA) is 70.6 Å². The quantitative estimate of drug-likeness (QED) is 0.795. The summed E-state index contributed by atoms with van der Waals surface area (Å²) in [5.41, 5.74) is 2.25. The smallest absolute Gasteiger partial charge is 0.0847 e. The number of nitrogens with one attached hydrogen (secondary N) is 1. The van der Waals surface area contributed by atoms with E-state index in [1.807, 2.05) is 7.11 Å². The van der Waals surface area contributed by atoms with Gasteiger partial charge < -0.3 is 14.6 Å². The minimum atomic E-state index is -0.0350. The van der Waals surface area contributed by atoms with Gasteiger partial charge in [0, 0.05) is 31.9 Å². The van der Waals surface area contributed by atoms with E-state index >= 15 is 0 Å². The van der Waals surface area contributed by atoms with Gasteiger partial charge in [-0.25, -0.2) is 0 Å². The summed E-state index contributed by atoms with van der Waals surface area (Å²) in [6.07, 6.45) is 5.28. The highest BCUT2D eigenvalue weighted by atomic mass is 16.5. The number of fused-ring (bicyclic) bond motifs is 1. The molecule has 1 aromatic heterocycles. The van der Waals surface area contributed by atoms with Crippen molar-refractivity contribution in [2.45, 2.75) is 63.3 Å². The van der Waals surface area contributed by atoms with E-state index < -0.39 is 0 Å². The van der Waals surface area contributed by atoms with Gasteiger partial charge in [0.15, 0.2) is 0 Å². The van der Waals surface area contributed by atoms with Crippen LogP contribution in [0.5, 0.6) is 0 Å². The first kappa shape index (κ1) is 16.9. The molecule has 23 heavy (non-hydrogen) atoms. The van der Waals surface area contributed by atoms with Crippen molar-refractivity contribution in [1.29, 1.82) is 0 Å². The van der Waals surface area contributed by atoms with E-state index in [0.717, 1.165) is 50.9 Å². The molecule has 0 radical (unpaired) electrons. The predicted molar refractivity (Wildman–Crippen MR) is 87.2 cm³/mol. The third-order valence-corrected chi connectivity index (χ3v) is 5.52. The van der Waals surface area contributed by atoms with E-state index in [9.17, 15) is 0 Å². The van der Waals surface area contributed by atoms with E-state index in [1.165, 1.54) is 5.69 Å². The summed E-state index contributed by atoms with van der Waals surface area (Å²) < 4.78 is 11.8. The van der Waals surface area contributed by atoms with Gasteiger partial charge in [-0.15, -0.1) is 0 Å². The summed E-state index contributed by atoms with van der Waals surface area (Å²) in [6, 6.07) is 2.54. The first-order valence-electron chi connectivity index (χ1n) is 8.75. The van der Waals surface area contributed by atoms with Gasteiger partial charge in [-0.2, -0.15) is 5.10 Å². The monoisotopic (exact) mass is 323 g/mol. The lowest BCUT2D eigenvalue weighted by molar-refractivity contribution is -0.104. The summed E-state index contributed by atoms with van der Waals surface area (Å²) in [5, 5.41) is 16.5. The maximum Gasteiger partial charge on any atom is 0.0847 e. The number of aryl methyl sites for hydroxylation is 1. The molecule has 3 atom stereocenters. The lowest BCUT2D eigenvalue weighted by atomic mass is 9.79. The van der Waals surface area contributed by atoms with Crippen molar-refractivity contribution in [1.82, 2.24) is 15.1 Å². The molecule has 2 N–H and O–H groups in total. The first-order valence-corrected chi connectivity index (χ1v) is 8.75. The Bertz CT molecular complexity index is 507. The van der Waals surface area contributed by atoms with Crippen LogP contribution in [-0.2, 0) is 22.4 Å². The molecule has 1 aliphatic carbocycles. The van der Waals surface area contributed by atoms with Crippen LogP contribution in [0.2, 0.25) is 0 Å². The summed E-state index contributed by atoms with van der Waals surface area (Å²) in [6.45, 7) is 4.57. The number of aliphatic hydroxyl groups is 1. The number of ether oxygens (including phenoxy) is 2. The van der Waals surface area contributed by atoms with E-state index in [4.69, 9.17) is 14.6 Å². The van der Waals surface area contributed by atoms with Crippen LogP contribution in [0.1, 0.15) is 44.0 Å². The lowest BCUT2D eigenvalue weighted by Gasteiger charge is -2.43. The molecule has 2 aliphatic rings. The van der Waals surface area contributed by atoms with Crippen LogP contribution < -0.4 is 0 Å². The van der Waals surface area contributed by atoms with Gasteiger partial charge in [-0.1, -0.05) is 6.92 Å². The number of H-pyrrole nitrogens is 1. The molecule has 1 aliphatic heterocycles. The fourth-order valence-electron chi connectivity index (χ4n) is 4.21. The van der Waals surface area contributed by atoms with Crippen molar-refractivity contribution >= 4 is 0 Å². The number of aromatic amines is 1. The second-order valence-electron chi connectivity index (χ2n) is 6.73. The van der Waals surface area contributed by atoms with Gasteiger partial charge in [0.25, 0.3) is 0 Å². The summed E-state index contributed by atoms with van der Waals surface area (Å²) >= 11 is 0. The first-order chi connectivity index (χ1) is 11.2. The molecule has 2 fully saturated rings. The Hall–Kier alpha value is -0.950.